The molecule has 0 aliphatic carbocycles. The Bertz CT molecular complexity index is 813. The third-order valence-electron chi connectivity index (χ3n) is 5.52. The van der Waals surface area contributed by atoms with Crippen molar-refractivity contribution in [1.29, 1.82) is 0 Å². The van der Waals surface area contributed by atoms with Crippen LogP contribution in [0.25, 0.3) is 0 Å². The smallest absolute Gasteiger partial charge is 0.237 e. The Kier molecular flexibility index (Phi) is 5.59. The summed E-state index contributed by atoms with van der Waals surface area (Å²) in [5.41, 5.74) is 1.16. The number of amides is 1. The van der Waals surface area contributed by atoms with Gasteiger partial charge in [-0.1, -0.05) is 12.1 Å². The predicted molar refractivity (Wildman–Crippen MR) is 105 cm³/mol. The van der Waals surface area contributed by atoms with E-state index in [2.05, 4.69) is 20.1 Å². The zero-order valence-corrected chi connectivity index (χ0v) is 16.6. The third kappa shape index (κ3) is 4.02. The molecule has 150 valence electrons. The molecule has 0 radical (unpaired) electrons. The standard InChI is InChI=1S/C20H28N6O2/c1-24(12-15-5-7-16(28-2)8-6-15)14-19(27)25-10-11-26-18(13-25)22-23-20(26)17-4-3-9-21-17/h5-8,17,21H,3-4,9-14H2,1-2H3/t17-/m0/s1. The molecule has 1 fully saturated rings. The number of likely N-dealkylation sites (N-methyl/N-ethyl adjacent to an activating group) is 1. The largest absolute Gasteiger partial charge is 0.497 e. The molecule has 1 aromatic heterocycles. The summed E-state index contributed by atoms with van der Waals surface area (Å²) in [4.78, 5) is 16.7. The highest BCUT2D eigenvalue weighted by Gasteiger charge is 2.29. The van der Waals surface area contributed by atoms with Gasteiger partial charge in [-0.15, -0.1) is 10.2 Å². The van der Waals surface area contributed by atoms with Crippen LogP contribution in [0.2, 0.25) is 0 Å². The van der Waals surface area contributed by atoms with Gasteiger partial charge in [0, 0.05) is 19.6 Å². The van der Waals surface area contributed by atoms with E-state index in [0.717, 1.165) is 49.0 Å². The first-order chi connectivity index (χ1) is 13.6. The zero-order chi connectivity index (χ0) is 19.5. The van der Waals surface area contributed by atoms with Crippen molar-refractivity contribution in [2.45, 2.75) is 38.5 Å². The van der Waals surface area contributed by atoms with Gasteiger partial charge < -0.3 is 19.5 Å². The zero-order valence-electron chi connectivity index (χ0n) is 16.6. The number of carbonyl (C=O) groups is 1. The lowest BCUT2D eigenvalue weighted by Gasteiger charge is -2.30. The predicted octanol–water partition coefficient (Wildman–Crippen LogP) is 1.19. The molecule has 2 aliphatic rings. The topological polar surface area (TPSA) is 75.5 Å². The number of hydrogen-bond acceptors (Lipinski definition) is 6. The van der Waals surface area contributed by atoms with E-state index in [-0.39, 0.29) is 5.91 Å². The van der Waals surface area contributed by atoms with Crippen molar-refractivity contribution in [2.75, 3.05) is 33.8 Å². The minimum Gasteiger partial charge on any atom is -0.497 e. The summed E-state index contributed by atoms with van der Waals surface area (Å²) in [7, 11) is 3.63. The highest BCUT2D eigenvalue weighted by molar-refractivity contribution is 5.78. The number of fused-ring (bicyclic) bond motifs is 1. The van der Waals surface area contributed by atoms with E-state index >= 15 is 0 Å². The van der Waals surface area contributed by atoms with E-state index in [4.69, 9.17) is 4.74 Å². The van der Waals surface area contributed by atoms with Crippen molar-refractivity contribution in [3.8, 4) is 5.75 Å². The highest BCUT2D eigenvalue weighted by Crippen LogP contribution is 2.24. The molecule has 4 rings (SSSR count). The maximum Gasteiger partial charge on any atom is 0.237 e. The lowest BCUT2D eigenvalue weighted by atomic mass is 10.2. The van der Waals surface area contributed by atoms with Gasteiger partial charge in [-0.25, -0.2) is 0 Å². The molecule has 0 unspecified atom stereocenters. The highest BCUT2D eigenvalue weighted by atomic mass is 16.5. The minimum absolute atomic E-state index is 0.130. The molecular formula is C20H28N6O2. The van der Waals surface area contributed by atoms with Gasteiger partial charge in [-0.05, 0) is 44.1 Å². The Balaban J connectivity index is 1.33. The number of aromatic nitrogens is 3. The molecule has 1 atom stereocenters. The molecule has 8 nitrogen and oxygen atoms in total. The van der Waals surface area contributed by atoms with Crippen LogP contribution in [0.1, 0.15) is 36.1 Å². The molecule has 0 spiro atoms. The second kappa shape index (κ2) is 8.28. The van der Waals surface area contributed by atoms with Gasteiger partial charge in [-0.2, -0.15) is 0 Å². The number of benzene rings is 1. The van der Waals surface area contributed by atoms with E-state index in [1.54, 1.807) is 7.11 Å². The van der Waals surface area contributed by atoms with Gasteiger partial charge in [-0.3, -0.25) is 9.69 Å². The molecule has 3 heterocycles. The lowest BCUT2D eigenvalue weighted by molar-refractivity contribution is -0.133. The molecule has 1 amide bonds. The van der Waals surface area contributed by atoms with Crippen molar-refractivity contribution in [3.63, 3.8) is 0 Å². The number of nitrogens with one attached hydrogen (secondary N) is 1. The lowest BCUT2D eigenvalue weighted by Crippen LogP contribution is -2.43. The summed E-state index contributed by atoms with van der Waals surface area (Å²) in [6.07, 6.45) is 2.29. The van der Waals surface area contributed by atoms with E-state index in [9.17, 15) is 4.79 Å². The Morgan fingerprint density at radius 3 is 2.82 bits per heavy atom. The second-order valence-electron chi connectivity index (χ2n) is 7.61. The Hall–Kier alpha value is -2.45. The number of ether oxygens (including phenoxy) is 1. The Morgan fingerprint density at radius 2 is 2.11 bits per heavy atom. The normalized spacial score (nSPS) is 19.1. The summed E-state index contributed by atoms with van der Waals surface area (Å²) in [5, 5.41) is 12.2. The summed E-state index contributed by atoms with van der Waals surface area (Å²) < 4.78 is 7.38. The van der Waals surface area contributed by atoms with Crippen LogP contribution >= 0.6 is 0 Å². The first kappa shape index (κ1) is 18.9. The monoisotopic (exact) mass is 384 g/mol. The van der Waals surface area contributed by atoms with Crippen LogP contribution in [-0.4, -0.2) is 64.3 Å². The van der Waals surface area contributed by atoms with Crippen LogP contribution in [0.4, 0.5) is 0 Å². The first-order valence-electron chi connectivity index (χ1n) is 9.88. The summed E-state index contributed by atoms with van der Waals surface area (Å²) in [6.45, 7) is 4.16. The van der Waals surface area contributed by atoms with Crippen molar-refractivity contribution in [3.05, 3.63) is 41.5 Å². The number of nitrogens with zero attached hydrogens (tertiary/aromatic N) is 5. The summed E-state index contributed by atoms with van der Waals surface area (Å²) in [6, 6.07) is 8.25. The maximum absolute atomic E-state index is 12.8. The Labute approximate surface area is 165 Å². The fraction of sp³-hybridized carbons (Fsp3) is 0.550. The van der Waals surface area contributed by atoms with Crippen molar-refractivity contribution in [1.82, 2.24) is 29.9 Å². The first-order valence-corrected chi connectivity index (χ1v) is 9.88. The average molecular weight is 384 g/mol. The van der Waals surface area contributed by atoms with Crippen LogP contribution < -0.4 is 10.1 Å². The number of methoxy groups -OCH3 is 1. The van der Waals surface area contributed by atoms with Gasteiger partial charge in [0.1, 0.15) is 11.6 Å². The molecule has 1 aromatic carbocycles. The number of rotatable bonds is 6. The molecular weight excluding hydrogens is 356 g/mol. The van der Waals surface area contributed by atoms with E-state index < -0.39 is 0 Å². The molecule has 0 bridgehead atoms. The number of carbonyl (C=O) groups excluding carboxylic acids is 1. The van der Waals surface area contributed by atoms with Crippen LogP contribution in [0, 0.1) is 0 Å². The SMILES string of the molecule is COc1ccc(CN(C)CC(=O)N2CCn3c(nnc3[C@@H]3CCCN3)C2)cc1. The Morgan fingerprint density at radius 1 is 1.29 bits per heavy atom. The van der Waals surface area contributed by atoms with Crippen LogP contribution in [0.5, 0.6) is 5.75 Å². The average Bonchev–Trinajstić information content (AvgIpc) is 3.37. The van der Waals surface area contributed by atoms with Crippen LogP contribution in [0.3, 0.4) is 0 Å². The molecule has 8 heteroatoms. The van der Waals surface area contributed by atoms with Crippen LogP contribution in [0.15, 0.2) is 24.3 Å². The molecule has 28 heavy (non-hydrogen) atoms. The van der Waals surface area contributed by atoms with Crippen molar-refractivity contribution >= 4 is 5.91 Å². The second-order valence-corrected chi connectivity index (χ2v) is 7.61. The molecule has 0 saturated carbocycles. The van der Waals surface area contributed by atoms with Gasteiger partial charge >= 0.3 is 0 Å². The van der Waals surface area contributed by atoms with Gasteiger partial charge in [0.15, 0.2) is 5.82 Å². The fourth-order valence-corrected chi connectivity index (χ4v) is 3.99. The van der Waals surface area contributed by atoms with Gasteiger partial charge in [0.2, 0.25) is 5.91 Å². The van der Waals surface area contributed by atoms with Gasteiger partial charge in [0.25, 0.3) is 0 Å². The molecule has 1 saturated heterocycles. The molecule has 2 aromatic rings. The van der Waals surface area contributed by atoms with E-state index in [1.807, 2.05) is 41.1 Å². The van der Waals surface area contributed by atoms with Crippen molar-refractivity contribution in [2.24, 2.45) is 0 Å². The summed E-state index contributed by atoms with van der Waals surface area (Å²) >= 11 is 0. The fourth-order valence-electron chi connectivity index (χ4n) is 3.99. The third-order valence-corrected chi connectivity index (χ3v) is 5.52. The van der Waals surface area contributed by atoms with Gasteiger partial charge in [0.05, 0.1) is 26.2 Å². The quantitative estimate of drug-likeness (QED) is 0.806. The van der Waals surface area contributed by atoms with E-state index in [0.29, 0.717) is 25.7 Å². The summed E-state index contributed by atoms with van der Waals surface area (Å²) in [5.74, 6) is 2.88. The van der Waals surface area contributed by atoms with Crippen LogP contribution in [-0.2, 0) is 24.4 Å². The van der Waals surface area contributed by atoms with E-state index in [1.165, 1.54) is 6.42 Å². The molecule has 2 aliphatic heterocycles. The number of hydrogen-bond donors (Lipinski definition) is 1. The molecule has 1 N–H and O–H groups in total. The van der Waals surface area contributed by atoms with Crippen molar-refractivity contribution < 1.29 is 9.53 Å². The maximum atomic E-state index is 12.8. The minimum atomic E-state index is 0.130.